The summed E-state index contributed by atoms with van der Waals surface area (Å²) in [7, 11) is 5.85. The summed E-state index contributed by atoms with van der Waals surface area (Å²) in [5.74, 6) is 0.255. The van der Waals surface area contributed by atoms with Gasteiger partial charge in [0.15, 0.2) is 0 Å². The third-order valence-corrected chi connectivity index (χ3v) is 11.6. The van der Waals surface area contributed by atoms with Crippen molar-refractivity contribution in [3.63, 3.8) is 0 Å². The molecular weight excluding hydrogens is 344 g/mol. The summed E-state index contributed by atoms with van der Waals surface area (Å²) in [5.41, 5.74) is 0. The van der Waals surface area contributed by atoms with Crippen molar-refractivity contribution in [3.8, 4) is 0 Å². The van der Waals surface area contributed by atoms with Crippen molar-refractivity contribution in [1.82, 2.24) is 0 Å². The van der Waals surface area contributed by atoms with Crippen LogP contribution in [0.1, 0.15) is 13.8 Å². The van der Waals surface area contributed by atoms with E-state index in [1.54, 1.807) is 0 Å². The van der Waals surface area contributed by atoms with Crippen LogP contribution >= 0.6 is 8.32 Å². The molecule has 0 saturated carbocycles. The molecule has 2 nitrogen and oxygen atoms in total. The molecule has 0 amide bonds. The summed E-state index contributed by atoms with van der Waals surface area (Å²) in [5, 5.41) is 0. The summed E-state index contributed by atoms with van der Waals surface area (Å²) in [4.78, 5) is 21.0. The summed E-state index contributed by atoms with van der Waals surface area (Å²) in [6.07, 6.45) is 0. The van der Waals surface area contributed by atoms with Crippen LogP contribution in [0.3, 0.4) is 0 Å². The summed E-state index contributed by atoms with van der Waals surface area (Å²) in [6.45, 7) is 3.05. The molecule has 0 unspecified atom stereocenters. The van der Waals surface area contributed by atoms with E-state index in [9.17, 15) is 9.59 Å². The first-order valence-corrected chi connectivity index (χ1v) is 15.0. The zero-order valence-corrected chi connectivity index (χ0v) is 11.4. The van der Waals surface area contributed by atoms with Gasteiger partial charge in [-0.1, -0.05) is 0 Å². The predicted octanol–water partition coefficient (Wildman–Crippen LogP) is 1.39. The van der Waals surface area contributed by atoms with Crippen LogP contribution in [-0.2, 0) is 9.59 Å². The molecular formula is C6H10ClO2Tl. The average Bonchev–Trinajstić information content (AvgIpc) is 1.58. The van der Waals surface area contributed by atoms with E-state index in [1.807, 2.05) is 0 Å². The number of rotatable bonds is 4. The van der Waals surface area contributed by atoms with E-state index in [4.69, 9.17) is 8.32 Å². The molecule has 0 N–H and O–H groups in total. The molecule has 0 aliphatic heterocycles. The van der Waals surface area contributed by atoms with Gasteiger partial charge in [0, 0.05) is 0 Å². The number of carbonyl (C=O) groups excluding carboxylic acids is 2. The van der Waals surface area contributed by atoms with E-state index >= 15 is 0 Å². The Morgan fingerprint density at radius 3 is 1.70 bits per heavy atom. The second kappa shape index (κ2) is 5.24. The van der Waals surface area contributed by atoms with Crippen molar-refractivity contribution < 1.29 is 9.59 Å². The van der Waals surface area contributed by atoms with Gasteiger partial charge in [-0.15, -0.1) is 0 Å². The fourth-order valence-corrected chi connectivity index (χ4v) is 9.92. The van der Waals surface area contributed by atoms with Gasteiger partial charge in [0.05, 0.1) is 0 Å². The predicted molar refractivity (Wildman–Crippen MR) is 42.6 cm³/mol. The van der Waals surface area contributed by atoms with E-state index in [2.05, 4.69) is 0 Å². The first-order valence-electron chi connectivity index (χ1n) is 3.15. The van der Waals surface area contributed by atoms with Crippen molar-refractivity contribution >= 4 is 41.4 Å². The summed E-state index contributed by atoms with van der Waals surface area (Å²) in [6, 6.07) is 0. The SMILES string of the molecule is CC(=O)[CH2][Tl]([Cl])[CH2]C(C)=O. The van der Waals surface area contributed by atoms with Gasteiger partial charge < -0.3 is 0 Å². The second-order valence-electron chi connectivity index (χ2n) is 2.41. The van der Waals surface area contributed by atoms with Gasteiger partial charge in [-0.2, -0.15) is 0 Å². The van der Waals surface area contributed by atoms with Gasteiger partial charge >= 0.3 is 72.8 Å². The fourth-order valence-electron chi connectivity index (χ4n) is 0.696. The van der Waals surface area contributed by atoms with Crippen LogP contribution in [0.4, 0.5) is 0 Å². The van der Waals surface area contributed by atoms with Crippen molar-refractivity contribution in [1.29, 1.82) is 0 Å². The Bertz CT molecular complexity index is 131. The average molecular weight is 354 g/mol. The second-order valence-corrected chi connectivity index (χ2v) is 15.6. The number of carbonyl (C=O) groups is 2. The van der Waals surface area contributed by atoms with E-state index < -0.39 is 21.5 Å². The Morgan fingerprint density at radius 2 is 1.50 bits per heavy atom. The molecule has 0 atom stereocenters. The van der Waals surface area contributed by atoms with Crippen molar-refractivity contribution in [2.75, 3.05) is 0 Å². The number of Topliss-reactive ketones (excluding diaryl/α,β-unsaturated/α-hetero) is 2. The monoisotopic (exact) mass is 354 g/mol. The van der Waals surface area contributed by atoms with Gasteiger partial charge in [-0.25, -0.2) is 0 Å². The molecule has 0 aromatic rings. The molecule has 0 spiro atoms. The molecule has 0 rings (SSSR count). The molecule has 56 valence electrons. The minimum absolute atomic E-state index is 0.128. The van der Waals surface area contributed by atoms with Crippen LogP contribution in [0.25, 0.3) is 0 Å². The van der Waals surface area contributed by atoms with E-state index in [0.717, 1.165) is 0 Å². The summed E-state index contributed by atoms with van der Waals surface area (Å²) >= 11 is -2.29. The Kier molecular flexibility index (Phi) is 5.52. The van der Waals surface area contributed by atoms with E-state index in [1.165, 1.54) is 13.8 Å². The number of hydrogen-bond acceptors (Lipinski definition) is 2. The molecule has 0 fully saturated rings. The zero-order valence-electron chi connectivity index (χ0n) is 6.19. The van der Waals surface area contributed by atoms with Crippen LogP contribution in [0.2, 0.25) is 7.96 Å². The van der Waals surface area contributed by atoms with Crippen LogP contribution < -0.4 is 0 Å². The Hall–Kier alpha value is 0.552. The molecule has 0 saturated heterocycles. The third kappa shape index (κ3) is 6.67. The van der Waals surface area contributed by atoms with Crippen LogP contribution in [0.5, 0.6) is 0 Å². The molecule has 4 heteroatoms. The van der Waals surface area contributed by atoms with Crippen molar-refractivity contribution in [2.45, 2.75) is 21.8 Å². The quantitative estimate of drug-likeness (QED) is 0.716. The Balaban J connectivity index is 3.53. The van der Waals surface area contributed by atoms with Crippen molar-refractivity contribution in [2.24, 2.45) is 0 Å². The standard InChI is InChI=1S/2C3H5O.ClH.Tl/c2*1-3(2)4;;/h2*1H2,2H3;1H;/q;;;+1/p-1. The van der Waals surface area contributed by atoms with E-state index in [0.29, 0.717) is 7.96 Å². The Labute approximate surface area is 72.5 Å². The number of halogens is 1. The normalized spacial score (nSPS) is 9.10. The number of hydrogen-bond donors (Lipinski definition) is 0. The minimum atomic E-state index is -2.29. The first kappa shape index (κ1) is 10.6. The molecule has 0 aromatic carbocycles. The molecule has 0 aliphatic rings. The molecule has 0 aliphatic carbocycles. The van der Waals surface area contributed by atoms with E-state index in [-0.39, 0.29) is 11.6 Å². The zero-order chi connectivity index (χ0) is 8.15. The summed E-state index contributed by atoms with van der Waals surface area (Å²) < 4.78 is 1.03. The molecule has 0 bridgehead atoms. The maximum atomic E-state index is 10.5. The van der Waals surface area contributed by atoms with Gasteiger partial charge in [0.25, 0.3) is 0 Å². The maximum absolute atomic E-state index is 10.5. The third-order valence-electron chi connectivity index (χ3n) is 1.02. The molecule has 0 heterocycles. The van der Waals surface area contributed by atoms with Gasteiger partial charge in [-0.3, -0.25) is 0 Å². The molecule has 0 aromatic heterocycles. The van der Waals surface area contributed by atoms with Gasteiger partial charge in [0.1, 0.15) is 0 Å². The fraction of sp³-hybridized carbons (Fsp3) is 0.667. The molecule has 10 heavy (non-hydrogen) atoms. The molecule has 0 radical (unpaired) electrons. The topological polar surface area (TPSA) is 34.1 Å². The first-order chi connectivity index (χ1) is 4.52. The van der Waals surface area contributed by atoms with Crippen LogP contribution in [0, 0.1) is 0 Å². The number of ketones is 2. The van der Waals surface area contributed by atoms with Crippen LogP contribution in [0.15, 0.2) is 0 Å². The van der Waals surface area contributed by atoms with Crippen LogP contribution in [-0.4, -0.2) is 33.0 Å². The van der Waals surface area contributed by atoms with Gasteiger partial charge in [-0.05, 0) is 0 Å². The Morgan fingerprint density at radius 1 is 1.20 bits per heavy atom. The van der Waals surface area contributed by atoms with Gasteiger partial charge in [0.2, 0.25) is 0 Å². The van der Waals surface area contributed by atoms with Crippen molar-refractivity contribution in [3.05, 3.63) is 0 Å².